The zero-order valence-corrected chi connectivity index (χ0v) is 14.9. The predicted molar refractivity (Wildman–Crippen MR) is 99.8 cm³/mol. The molecule has 0 aliphatic carbocycles. The molecule has 1 amide bonds. The average Bonchev–Trinajstić information content (AvgIpc) is 2.62. The van der Waals surface area contributed by atoms with E-state index in [0.717, 1.165) is 11.1 Å². The van der Waals surface area contributed by atoms with E-state index < -0.39 is 0 Å². The van der Waals surface area contributed by atoms with Crippen LogP contribution in [0, 0.1) is 0 Å². The van der Waals surface area contributed by atoms with Crippen LogP contribution in [-0.2, 0) is 0 Å². The summed E-state index contributed by atoms with van der Waals surface area (Å²) in [5.74, 6) is -0.253. The highest BCUT2D eigenvalue weighted by molar-refractivity contribution is 6.31. The van der Waals surface area contributed by atoms with Crippen LogP contribution in [0.25, 0.3) is 11.0 Å². The number of hydrogen-bond acceptors (Lipinski definition) is 4. The number of carbonyl (C=O) groups is 1. The molecule has 0 spiro atoms. The van der Waals surface area contributed by atoms with Crippen LogP contribution in [0.3, 0.4) is 0 Å². The van der Waals surface area contributed by atoms with Crippen LogP contribution < -0.4 is 5.32 Å². The third-order valence-electron chi connectivity index (χ3n) is 4.02. The van der Waals surface area contributed by atoms with Crippen LogP contribution in [0.4, 0.5) is 0 Å². The molecule has 25 heavy (non-hydrogen) atoms. The van der Waals surface area contributed by atoms with Gasteiger partial charge in [0.05, 0.1) is 23.3 Å². The summed E-state index contributed by atoms with van der Waals surface area (Å²) in [4.78, 5) is 23.1. The normalized spacial score (nSPS) is 12.3. The minimum absolute atomic E-state index is 0.0361. The average molecular weight is 355 g/mol. The van der Waals surface area contributed by atoms with Crippen molar-refractivity contribution < 1.29 is 4.79 Å². The van der Waals surface area contributed by atoms with E-state index in [0.29, 0.717) is 22.8 Å². The first-order valence-electron chi connectivity index (χ1n) is 7.97. The van der Waals surface area contributed by atoms with Gasteiger partial charge in [-0.3, -0.25) is 9.78 Å². The largest absolute Gasteiger partial charge is 0.349 e. The lowest BCUT2D eigenvalue weighted by Gasteiger charge is -2.25. The van der Waals surface area contributed by atoms with Crippen molar-refractivity contribution in [3.05, 3.63) is 71.0 Å². The maximum Gasteiger partial charge on any atom is 0.271 e. The van der Waals surface area contributed by atoms with E-state index in [1.165, 1.54) is 6.20 Å². The first kappa shape index (κ1) is 17.3. The van der Waals surface area contributed by atoms with Crippen molar-refractivity contribution in [2.75, 3.05) is 20.6 Å². The summed E-state index contributed by atoms with van der Waals surface area (Å²) >= 11 is 6.30. The van der Waals surface area contributed by atoms with Gasteiger partial charge >= 0.3 is 0 Å². The Hall–Kier alpha value is -2.50. The van der Waals surface area contributed by atoms with E-state index in [4.69, 9.17) is 11.6 Å². The van der Waals surface area contributed by atoms with Gasteiger partial charge in [-0.1, -0.05) is 41.9 Å². The molecular formula is C19H19ClN4O. The molecule has 0 radical (unpaired) electrons. The maximum absolute atomic E-state index is 12.5. The van der Waals surface area contributed by atoms with Gasteiger partial charge in [-0.2, -0.15) is 0 Å². The van der Waals surface area contributed by atoms with Crippen molar-refractivity contribution >= 4 is 28.5 Å². The third-order valence-corrected chi connectivity index (χ3v) is 4.37. The number of fused-ring (bicyclic) bond motifs is 1. The summed E-state index contributed by atoms with van der Waals surface area (Å²) in [6, 6.07) is 15.1. The number of rotatable bonds is 5. The second-order valence-electron chi connectivity index (χ2n) is 5.95. The van der Waals surface area contributed by atoms with Crippen molar-refractivity contribution in [1.29, 1.82) is 0 Å². The number of nitrogens with zero attached hydrogens (tertiary/aromatic N) is 3. The molecule has 1 unspecified atom stereocenters. The monoisotopic (exact) mass is 354 g/mol. The first-order valence-corrected chi connectivity index (χ1v) is 8.35. The minimum Gasteiger partial charge on any atom is -0.349 e. The van der Waals surface area contributed by atoms with Crippen LogP contribution in [0.2, 0.25) is 5.02 Å². The zero-order chi connectivity index (χ0) is 17.8. The second kappa shape index (κ2) is 7.59. The fraction of sp³-hybridized carbons (Fsp3) is 0.211. The summed E-state index contributed by atoms with van der Waals surface area (Å²) in [6.45, 7) is 0.421. The molecule has 0 aliphatic rings. The highest BCUT2D eigenvalue weighted by atomic mass is 35.5. The van der Waals surface area contributed by atoms with E-state index in [9.17, 15) is 4.79 Å². The van der Waals surface area contributed by atoms with Gasteiger partial charge in [0.1, 0.15) is 5.69 Å². The van der Waals surface area contributed by atoms with Crippen LogP contribution >= 0.6 is 11.6 Å². The lowest BCUT2D eigenvalue weighted by Crippen LogP contribution is -2.35. The molecule has 3 aromatic rings. The van der Waals surface area contributed by atoms with Gasteiger partial charge in [0, 0.05) is 11.6 Å². The number of benzene rings is 2. The van der Waals surface area contributed by atoms with Crippen LogP contribution in [0.5, 0.6) is 0 Å². The number of likely N-dealkylation sites (N-methyl/N-ethyl adjacent to an activating group) is 1. The molecule has 5 nitrogen and oxygen atoms in total. The molecule has 0 bridgehead atoms. The Morgan fingerprint density at radius 1 is 1.12 bits per heavy atom. The lowest BCUT2D eigenvalue weighted by molar-refractivity contribution is 0.0937. The molecule has 0 aliphatic heterocycles. The molecular weight excluding hydrogens is 336 g/mol. The molecule has 6 heteroatoms. The Balaban J connectivity index is 1.76. The highest BCUT2D eigenvalue weighted by Gasteiger charge is 2.18. The van der Waals surface area contributed by atoms with E-state index in [-0.39, 0.29) is 11.9 Å². The molecule has 0 fully saturated rings. The fourth-order valence-corrected chi connectivity index (χ4v) is 2.92. The van der Waals surface area contributed by atoms with Gasteiger partial charge < -0.3 is 10.2 Å². The molecule has 1 aromatic heterocycles. The van der Waals surface area contributed by atoms with E-state index in [2.05, 4.69) is 15.3 Å². The summed E-state index contributed by atoms with van der Waals surface area (Å²) in [7, 11) is 3.91. The Bertz CT molecular complexity index is 897. The van der Waals surface area contributed by atoms with Gasteiger partial charge in [-0.15, -0.1) is 0 Å². The zero-order valence-electron chi connectivity index (χ0n) is 14.1. The Labute approximate surface area is 151 Å². The predicted octanol–water partition coefficient (Wildman–Crippen LogP) is 3.32. The highest BCUT2D eigenvalue weighted by Crippen LogP contribution is 2.25. The molecule has 3 rings (SSSR count). The summed E-state index contributed by atoms with van der Waals surface area (Å²) in [5, 5.41) is 3.61. The molecule has 2 aromatic carbocycles. The van der Waals surface area contributed by atoms with Gasteiger partial charge in [0.15, 0.2) is 0 Å². The van der Waals surface area contributed by atoms with Crippen molar-refractivity contribution in [2.24, 2.45) is 0 Å². The Morgan fingerprint density at radius 2 is 1.80 bits per heavy atom. The Kier molecular flexibility index (Phi) is 5.26. The topological polar surface area (TPSA) is 58.1 Å². The van der Waals surface area contributed by atoms with Crippen LogP contribution in [0.1, 0.15) is 22.1 Å². The van der Waals surface area contributed by atoms with Gasteiger partial charge in [-0.25, -0.2) is 4.98 Å². The van der Waals surface area contributed by atoms with Gasteiger partial charge in [-0.05, 0) is 37.9 Å². The maximum atomic E-state index is 12.5. The van der Waals surface area contributed by atoms with Gasteiger partial charge in [0.2, 0.25) is 0 Å². The number of nitrogens with one attached hydrogen (secondary N) is 1. The number of halogens is 1. The second-order valence-corrected chi connectivity index (χ2v) is 6.36. The van der Waals surface area contributed by atoms with Crippen molar-refractivity contribution in [3.63, 3.8) is 0 Å². The molecule has 0 saturated carbocycles. The molecule has 128 valence electrons. The van der Waals surface area contributed by atoms with Crippen LogP contribution in [-0.4, -0.2) is 41.4 Å². The number of hydrogen-bond donors (Lipinski definition) is 1. The lowest BCUT2D eigenvalue weighted by atomic mass is 10.1. The van der Waals surface area contributed by atoms with E-state index in [1.54, 1.807) is 0 Å². The molecule has 0 saturated heterocycles. The third kappa shape index (κ3) is 3.95. The first-order chi connectivity index (χ1) is 12.1. The summed E-state index contributed by atoms with van der Waals surface area (Å²) in [6.07, 6.45) is 1.50. The Morgan fingerprint density at radius 3 is 2.52 bits per heavy atom. The number of aromatic nitrogens is 2. The SMILES string of the molecule is CN(C)C(CNC(=O)c1cnc2ccccc2n1)c1ccccc1Cl. The van der Waals surface area contributed by atoms with E-state index in [1.807, 2.05) is 67.5 Å². The van der Waals surface area contributed by atoms with Crippen molar-refractivity contribution in [1.82, 2.24) is 20.2 Å². The summed E-state index contributed by atoms with van der Waals surface area (Å²) < 4.78 is 0. The van der Waals surface area contributed by atoms with E-state index >= 15 is 0 Å². The number of amides is 1. The number of para-hydroxylation sites is 2. The molecule has 1 atom stereocenters. The molecule has 1 N–H and O–H groups in total. The van der Waals surface area contributed by atoms with Crippen molar-refractivity contribution in [3.8, 4) is 0 Å². The fourth-order valence-electron chi connectivity index (χ4n) is 2.66. The standard InChI is InChI=1S/C19H19ClN4O/c1-24(2)18(13-7-3-4-8-14(13)20)12-22-19(25)17-11-21-15-9-5-6-10-16(15)23-17/h3-11,18H,12H2,1-2H3,(H,22,25). The summed E-state index contributed by atoms with van der Waals surface area (Å²) in [5.41, 5.74) is 2.74. The smallest absolute Gasteiger partial charge is 0.271 e. The minimum atomic E-state index is -0.253. The van der Waals surface area contributed by atoms with Crippen LogP contribution in [0.15, 0.2) is 54.7 Å². The van der Waals surface area contributed by atoms with Crippen molar-refractivity contribution in [2.45, 2.75) is 6.04 Å². The quantitative estimate of drug-likeness (QED) is 0.763. The molecule has 1 heterocycles. The van der Waals surface area contributed by atoms with Gasteiger partial charge in [0.25, 0.3) is 5.91 Å². The number of carbonyl (C=O) groups excluding carboxylic acids is 1.